The van der Waals surface area contributed by atoms with Gasteiger partial charge >= 0.3 is 6.03 Å². The second kappa shape index (κ2) is 5.20. The van der Waals surface area contributed by atoms with Crippen LogP contribution in [-0.4, -0.2) is 17.5 Å². The van der Waals surface area contributed by atoms with Crippen LogP contribution in [0.4, 0.5) is 16.2 Å². The van der Waals surface area contributed by atoms with Crippen molar-refractivity contribution in [3.63, 3.8) is 0 Å². The lowest BCUT2D eigenvalue weighted by Crippen LogP contribution is -2.55. The van der Waals surface area contributed by atoms with E-state index >= 15 is 0 Å². The van der Waals surface area contributed by atoms with E-state index < -0.39 is 5.54 Å². The fourth-order valence-corrected chi connectivity index (χ4v) is 3.64. The fourth-order valence-electron chi connectivity index (χ4n) is 3.38. The third-order valence-corrected chi connectivity index (χ3v) is 5.22. The summed E-state index contributed by atoms with van der Waals surface area (Å²) < 4.78 is 0.915. The minimum Gasteiger partial charge on any atom is -0.278 e. The van der Waals surface area contributed by atoms with Gasteiger partial charge in [-0.3, -0.25) is 9.69 Å². The van der Waals surface area contributed by atoms with Crippen molar-refractivity contribution < 1.29 is 9.59 Å². The molecule has 2 aromatic rings. The molecule has 2 aliphatic rings. The van der Waals surface area contributed by atoms with Crippen LogP contribution < -0.4 is 9.80 Å². The monoisotopic (exact) mass is 370 g/mol. The van der Waals surface area contributed by atoms with Crippen LogP contribution in [0.5, 0.6) is 0 Å². The molecule has 1 spiro atoms. The first-order chi connectivity index (χ1) is 11.1. The van der Waals surface area contributed by atoms with Gasteiger partial charge in [-0.05, 0) is 55.7 Å². The van der Waals surface area contributed by atoms with Crippen molar-refractivity contribution in [3.8, 4) is 0 Å². The molecule has 23 heavy (non-hydrogen) atoms. The minimum atomic E-state index is -0.703. The summed E-state index contributed by atoms with van der Waals surface area (Å²) in [7, 11) is 0. The van der Waals surface area contributed by atoms with E-state index in [2.05, 4.69) is 15.9 Å². The Bertz CT molecular complexity index is 769. The molecule has 0 radical (unpaired) electrons. The normalized spacial score (nSPS) is 19.3. The number of hydrogen-bond acceptors (Lipinski definition) is 2. The Morgan fingerprint density at radius 2 is 1.52 bits per heavy atom. The Labute approximate surface area is 142 Å². The minimum absolute atomic E-state index is 0.111. The van der Waals surface area contributed by atoms with Crippen LogP contribution in [0, 0.1) is 0 Å². The number of imide groups is 1. The highest BCUT2D eigenvalue weighted by atomic mass is 79.9. The first kappa shape index (κ1) is 14.5. The lowest BCUT2D eigenvalue weighted by Gasteiger charge is -2.42. The molecule has 1 aliphatic heterocycles. The van der Waals surface area contributed by atoms with Crippen LogP contribution >= 0.6 is 15.9 Å². The number of para-hydroxylation sites is 1. The van der Waals surface area contributed by atoms with E-state index in [9.17, 15) is 9.59 Å². The van der Waals surface area contributed by atoms with Crippen LogP contribution in [-0.2, 0) is 4.79 Å². The van der Waals surface area contributed by atoms with Crippen LogP contribution in [0.1, 0.15) is 19.3 Å². The zero-order valence-corrected chi connectivity index (χ0v) is 14.0. The molecular weight excluding hydrogens is 356 g/mol. The molecule has 2 aromatic carbocycles. The molecule has 1 aliphatic carbocycles. The first-order valence-corrected chi connectivity index (χ1v) is 8.42. The number of anilines is 2. The van der Waals surface area contributed by atoms with E-state index in [-0.39, 0.29) is 11.9 Å². The number of amides is 3. The molecule has 1 heterocycles. The highest BCUT2D eigenvalue weighted by Gasteiger charge is 2.61. The zero-order valence-electron chi connectivity index (χ0n) is 12.4. The lowest BCUT2D eigenvalue weighted by molar-refractivity contribution is -0.123. The van der Waals surface area contributed by atoms with Crippen LogP contribution in [0.3, 0.4) is 0 Å². The molecule has 0 atom stereocenters. The van der Waals surface area contributed by atoms with Crippen LogP contribution in [0.25, 0.3) is 0 Å². The summed E-state index contributed by atoms with van der Waals surface area (Å²) in [5.41, 5.74) is 0.698. The smallest absolute Gasteiger partial charge is 0.278 e. The van der Waals surface area contributed by atoms with Crippen molar-refractivity contribution in [1.82, 2.24) is 0 Å². The van der Waals surface area contributed by atoms with E-state index in [0.717, 1.165) is 29.4 Å². The summed E-state index contributed by atoms with van der Waals surface area (Å²) in [6.07, 6.45) is 2.41. The highest BCUT2D eigenvalue weighted by Crippen LogP contribution is 2.47. The van der Waals surface area contributed by atoms with Crippen molar-refractivity contribution in [2.24, 2.45) is 0 Å². The van der Waals surface area contributed by atoms with Gasteiger partial charge in [-0.2, -0.15) is 0 Å². The molecule has 4 nitrogen and oxygen atoms in total. The van der Waals surface area contributed by atoms with Gasteiger partial charge in [0.25, 0.3) is 5.91 Å². The van der Waals surface area contributed by atoms with Gasteiger partial charge in [0.2, 0.25) is 0 Å². The first-order valence-electron chi connectivity index (χ1n) is 7.63. The van der Waals surface area contributed by atoms with Gasteiger partial charge in [-0.15, -0.1) is 0 Å². The van der Waals surface area contributed by atoms with Gasteiger partial charge in [0.15, 0.2) is 0 Å². The molecule has 0 N–H and O–H groups in total. The summed E-state index contributed by atoms with van der Waals surface area (Å²) in [5, 5.41) is 0. The predicted molar refractivity (Wildman–Crippen MR) is 92.5 cm³/mol. The number of rotatable bonds is 2. The number of nitrogens with zero attached hydrogens (tertiary/aromatic N) is 2. The Morgan fingerprint density at radius 3 is 2.09 bits per heavy atom. The molecule has 4 rings (SSSR count). The fraction of sp³-hybridized carbons (Fsp3) is 0.222. The Balaban J connectivity index is 1.80. The molecule has 0 bridgehead atoms. The van der Waals surface area contributed by atoms with Gasteiger partial charge in [0.05, 0.1) is 5.69 Å². The molecule has 0 aromatic heterocycles. The van der Waals surface area contributed by atoms with Gasteiger partial charge in [0, 0.05) is 10.2 Å². The van der Waals surface area contributed by atoms with Gasteiger partial charge in [-0.25, -0.2) is 9.69 Å². The Hall–Kier alpha value is -2.14. The van der Waals surface area contributed by atoms with Gasteiger partial charge in [-0.1, -0.05) is 34.1 Å². The average Bonchev–Trinajstić information content (AvgIpc) is 2.77. The van der Waals surface area contributed by atoms with Gasteiger partial charge < -0.3 is 0 Å². The number of urea groups is 1. The Kier molecular flexibility index (Phi) is 3.27. The standard InChI is InChI=1S/C18H15BrN2O2/c19-13-7-9-14(10-8-13)20-16(22)18(11-4-12-18)21(17(20)23)15-5-2-1-3-6-15/h1-3,5-10H,4,11-12H2. The summed E-state index contributed by atoms with van der Waals surface area (Å²) in [5.74, 6) is -0.111. The summed E-state index contributed by atoms with van der Waals surface area (Å²) >= 11 is 3.38. The van der Waals surface area contributed by atoms with E-state index in [1.165, 1.54) is 4.90 Å². The summed E-state index contributed by atoms with van der Waals surface area (Å²) in [6.45, 7) is 0. The van der Waals surface area contributed by atoms with Crippen LogP contribution in [0.2, 0.25) is 0 Å². The van der Waals surface area contributed by atoms with Crippen molar-refractivity contribution in [1.29, 1.82) is 0 Å². The molecule has 116 valence electrons. The van der Waals surface area contributed by atoms with E-state index in [1.54, 1.807) is 17.0 Å². The van der Waals surface area contributed by atoms with Crippen molar-refractivity contribution >= 4 is 39.2 Å². The number of hydrogen-bond donors (Lipinski definition) is 0. The SMILES string of the molecule is O=C1N(c2ccc(Br)cc2)C(=O)C2(CCC2)N1c1ccccc1. The zero-order chi connectivity index (χ0) is 16.0. The average molecular weight is 371 g/mol. The number of benzene rings is 2. The maximum Gasteiger partial charge on any atom is 0.336 e. The number of carbonyl (C=O) groups excluding carboxylic acids is 2. The molecule has 3 amide bonds. The molecule has 0 unspecified atom stereocenters. The number of carbonyl (C=O) groups is 2. The topological polar surface area (TPSA) is 40.6 Å². The quantitative estimate of drug-likeness (QED) is 0.737. The van der Waals surface area contributed by atoms with Crippen LogP contribution in [0.15, 0.2) is 59.1 Å². The highest BCUT2D eigenvalue weighted by molar-refractivity contribution is 9.10. The second-order valence-corrected chi connectivity index (χ2v) is 6.87. The molecule has 5 heteroatoms. The maximum atomic E-state index is 13.0. The predicted octanol–water partition coefficient (Wildman–Crippen LogP) is 4.35. The van der Waals surface area contributed by atoms with E-state index in [4.69, 9.17) is 0 Å². The third-order valence-electron chi connectivity index (χ3n) is 4.69. The van der Waals surface area contributed by atoms with Crippen molar-refractivity contribution in [3.05, 3.63) is 59.1 Å². The Morgan fingerprint density at radius 1 is 0.870 bits per heavy atom. The van der Waals surface area contributed by atoms with E-state index in [0.29, 0.717) is 5.69 Å². The maximum absolute atomic E-state index is 13.0. The third kappa shape index (κ3) is 2.03. The second-order valence-electron chi connectivity index (χ2n) is 5.96. The van der Waals surface area contributed by atoms with Crippen molar-refractivity contribution in [2.45, 2.75) is 24.8 Å². The lowest BCUT2D eigenvalue weighted by atomic mass is 9.75. The molecular formula is C18H15BrN2O2. The largest absolute Gasteiger partial charge is 0.336 e. The van der Waals surface area contributed by atoms with Crippen molar-refractivity contribution in [2.75, 3.05) is 9.80 Å². The number of halogens is 1. The van der Waals surface area contributed by atoms with E-state index in [1.807, 2.05) is 42.5 Å². The molecule has 1 saturated heterocycles. The summed E-state index contributed by atoms with van der Waals surface area (Å²) in [6, 6.07) is 16.5. The molecule has 2 fully saturated rings. The van der Waals surface area contributed by atoms with Gasteiger partial charge in [0.1, 0.15) is 5.54 Å². The summed E-state index contributed by atoms with van der Waals surface area (Å²) in [4.78, 5) is 29.1. The molecule has 1 saturated carbocycles.